The van der Waals surface area contributed by atoms with E-state index in [4.69, 9.17) is 0 Å². The van der Waals surface area contributed by atoms with Crippen molar-refractivity contribution in [3.63, 3.8) is 0 Å². The summed E-state index contributed by atoms with van der Waals surface area (Å²) in [4.78, 5) is 12.8. The summed E-state index contributed by atoms with van der Waals surface area (Å²) >= 11 is 4.08. The van der Waals surface area contributed by atoms with Gasteiger partial charge in [0.1, 0.15) is 5.78 Å². The zero-order chi connectivity index (χ0) is 37.2. The molecule has 0 saturated heterocycles. The predicted octanol–water partition coefficient (Wildman–Crippen LogP) is 13.9. The molecule has 0 unspecified atom stereocenters. The van der Waals surface area contributed by atoms with Crippen LogP contribution in [0.4, 0.5) is 0 Å². The van der Waals surface area contributed by atoms with Gasteiger partial charge in [0.05, 0.1) is 9.49 Å². The van der Waals surface area contributed by atoms with E-state index in [1.165, 1.54) is 33.4 Å². The summed E-state index contributed by atoms with van der Waals surface area (Å²) in [6, 6.07) is 65.7. The predicted molar refractivity (Wildman–Crippen MR) is 235 cm³/mol. The summed E-state index contributed by atoms with van der Waals surface area (Å²) in [7, 11) is 0. The molecular weight excluding hydrogens is 693 g/mol. The van der Waals surface area contributed by atoms with Crippen LogP contribution in [0.25, 0.3) is 0 Å². The largest absolute Gasteiger partial charge is 0.300 e. The van der Waals surface area contributed by atoms with E-state index in [9.17, 15) is 4.79 Å². The van der Waals surface area contributed by atoms with Gasteiger partial charge in [0.2, 0.25) is 0 Å². The Kier molecular flexibility index (Phi) is 15.3. The highest BCUT2D eigenvalue weighted by Gasteiger charge is 2.37. The third-order valence-electron chi connectivity index (χ3n) is 10.4. The van der Waals surface area contributed by atoms with Gasteiger partial charge in [0, 0.05) is 12.8 Å². The fourth-order valence-electron chi connectivity index (χ4n) is 7.67. The number of hydrogen-bond donors (Lipinski definition) is 0. The first-order chi connectivity index (χ1) is 26.7. The molecule has 0 amide bonds. The summed E-state index contributed by atoms with van der Waals surface area (Å²) < 4.78 is -0.513. The van der Waals surface area contributed by atoms with E-state index in [0.717, 1.165) is 75.7 Å². The first kappa shape index (κ1) is 39.4. The summed E-state index contributed by atoms with van der Waals surface area (Å²) in [6.07, 6.45) is 10.3. The van der Waals surface area contributed by atoms with Crippen LogP contribution in [0.15, 0.2) is 182 Å². The number of benzene rings is 6. The fraction of sp³-hybridized carbons (Fsp3) is 0.275. The number of ketones is 1. The maximum Gasteiger partial charge on any atom is 0.132 e. The van der Waals surface area contributed by atoms with Crippen LogP contribution in [-0.2, 0) is 14.3 Å². The monoisotopic (exact) mass is 746 g/mol. The lowest BCUT2D eigenvalue weighted by Gasteiger charge is -2.35. The Hall–Kier alpha value is -4.31. The zero-order valence-electron chi connectivity index (χ0n) is 31.5. The van der Waals surface area contributed by atoms with Gasteiger partial charge in [-0.3, -0.25) is 4.79 Å². The van der Waals surface area contributed by atoms with Crippen LogP contribution in [0.1, 0.15) is 97.6 Å². The third kappa shape index (κ3) is 10.1. The normalized spacial score (nSPS) is 11.7. The molecule has 0 fully saturated rings. The SMILES string of the molecule is O=C(CCCCCCSC(c1ccccc1)(c1ccccc1)c1ccccc1)CCCCCCSC(c1ccccc1)(c1ccccc1)c1ccccc1. The topological polar surface area (TPSA) is 17.1 Å². The minimum atomic E-state index is -0.257. The number of hydrogen-bond acceptors (Lipinski definition) is 3. The molecule has 0 N–H and O–H groups in total. The molecule has 0 aromatic heterocycles. The van der Waals surface area contributed by atoms with E-state index in [1.807, 2.05) is 23.5 Å². The lowest BCUT2D eigenvalue weighted by Crippen LogP contribution is -2.26. The molecule has 0 spiro atoms. The highest BCUT2D eigenvalue weighted by atomic mass is 32.2. The van der Waals surface area contributed by atoms with Gasteiger partial charge in [-0.2, -0.15) is 0 Å². The van der Waals surface area contributed by atoms with Gasteiger partial charge in [0.15, 0.2) is 0 Å². The van der Waals surface area contributed by atoms with Crippen LogP contribution < -0.4 is 0 Å². The van der Waals surface area contributed by atoms with Crippen LogP contribution in [-0.4, -0.2) is 17.3 Å². The van der Waals surface area contributed by atoms with Gasteiger partial charge in [-0.05, 0) is 70.6 Å². The molecule has 0 bridgehead atoms. The molecule has 0 saturated carbocycles. The lowest BCUT2D eigenvalue weighted by atomic mass is 9.84. The molecule has 0 aliphatic rings. The Morgan fingerprint density at radius 2 is 0.537 bits per heavy atom. The maximum absolute atomic E-state index is 12.8. The summed E-state index contributed by atoms with van der Waals surface area (Å²) in [5.74, 6) is 2.56. The van der Waals surface area contributed by atoms with Crippen LogP contribution in [0, 0.1) is 0 Å². The van der Waals surface area contributed by atoms with Gasteiger partial charge in [-0.1, -0.05) is 208 Å². The molecule has 3 heteroatoms. The smallest absolute Gasteiger partial charge is 0.132 e. The Bertz CT molecular complexity index is 1580. The van der Waals surface area contributed by atoms with Crippen LogP contribution >= 0.6 is 23.5 Å². The highest BCUT2D eigenvalue weighted by molar-refractivity contribution is 8.00. The van der Waals surface area contributed by atoms with Gasteiger partial charge < -0.3 is 0 Å². The molecule has 6 aromatic carbocycles. The fourth-order valence-corrected chi connectivity index (χ4v) is 10.8. The van der Waals surface area contributed by atoms with Crippen molar-refractivity contribution in [1.29, 1.82) is 0 Å². The van der Waals surface area contributed by atoms with Crippen molar-refractivity contribution in [1.82, 2.24) is 0 Å². The number of carbonyl (C=O) groups excluding carboxylic acids is 1. The number of Topliss-reactive ketones (excluding diaryl/α,β-unsaturated/α-hetero) is 1. The number of rotatable bonds is 22. The van der Waals surface area contributed by atoms with E-state index in [-0.39, 0.29) is 9.49 Å². The standard InChI is InChI=1S/C51H54OS2/c52-49(39-23-1-3-25-41-53-50(43-27-11-5-12-28-43,44-29-13-6-14-30-44)45-31-15-7-16-32-45)40-24-2-4-26-42-54-51(46-33-17-8-18-34-46,47-35-19-9-20-36-47)48-37-21-10-22-38-48/h5-22,27-38H,1-4,23-26,39-42H2. The molecule has 0 aliphatic carbocycles. The Labute approximate surface area is 333 Å². The molecule has 0 aliphatic heterocycles. The first-order valence-electron chi connectivity index (χ1n) is 19.9. The molecular formula is C51H54OS2. The molecule has 6 rings (SSSR count). The second-order valence-electron chi connectivity index (χ2n) is 14.1. The Morgan fingerprint density at radius 1 is 0.315 bits per heavy atom. The Morgan fingerprint density at radius 3 is 0.778 bits per heavy atom. The van der Waals surface area contributed by atoms with E-state index >= 15 is 0 Å². The molecule has 0 heterocycles. The van der Waals surface area contributed by atoms with E-state index in [2.05, 4.69) is 182 Å². The number of thioether (sulfide) groups is 2. The van der Waals surface area contributed by atoms with Crippen molar-refractivity contribution in [2.45, 2.75) is 73.7 Å². The third-order valence-corrected chi connectivity index (χ3v) is 13.7. The van der Waals surface area contributed by atoms with Crippen molar-refractivity contribution >= 4 is 29.3 Å². The summed E-state index contributed by atoms with van der Waals surface area (Å²) in [5.41, 5.74) is 7.90. The number of unbranched alkanes of at least 4 members (excludes halogenated alkanes) is 6. The van der Waals surface area contributed by atoms with Crippen molar-refractivity contribution in [2.24, 2.45) is 0 Å². The molecule has 54 heavy (non-hydrogen) atoms. The van der Waals surface area contributed by atoms with E-state index in [0.29, 0.717) is 5.78 Å². The summed E-state index contributed by atoms with van der Waals surface area (Å²) in [5, 5.41) is 0. The van der Waals surface area contributed by atoms with Crippen molar-refractivity contribution in [3.05, 3.63) is 215 Å². The second-order valence-corrected chi connectivity index (χ2v) is 16.7. The van der Waals surface area contributed by atoms with Crippen molar-refractivity contribution in [2.75, 3.05) is 11.5 Å². The molecule has 1 nitrogen and oxygen atoms in total. The first-order valence-corrected chi connectivity index (χ1v) is 21.8. The highest BCUT2D eigenvalue weighted by Crippen LogP contribution is 2.50. The summed E-state index contributed by atoms with van der Waals surface area (Å²) in [6.45, 7) is 0. The van der Waals surface area contributed by atoms with Crippen molar-refractivity contribution < 1.29 is 4.79 Å². The minimum absolute atomic E-state index is 0.257. The van der Waals surface area contributed by atoms with E-state index in [1.54, 1.807) is 0 Å². The van der Waals surface area contributed by atoms with E-state index < -0.39 is 0 Å². The van der Waals surface area contributed by atoms with Gasteiger partial charge in [-0.15, -0.1) is 23.5 Å². The second kappa shape index (κ2) is 21.0. The maximum atomic E-state index is 12.8. The van der Waals surface area contributed by atoms with Crippen LogP contribution in [0.5, 0.6) is 0 Å². The Balaban J connectivity index is 0.922. The van der Waals surface area contributed by atoms with Gasteiger partial charge in [-0.25, -0.2) is 0 Å². The van der Waals surface area contributed by atoms with Crippen molar-refractivity contribution in [3.8, 4) is 0 Å². The van der Waals surface area contributed by atoms with Crippen LogP contribution in [0.3, 0.4) is 0 Å². The average molecular weight is 747 g/mol. The molecule has 6 aromatic rings. The van der Waals surface area contributed by atoms with Gasteiger partial charge in [0.25, 0.3) is 0 Å². The lowest BCUT2D eigenvalue weighted by molar-refractivity contribution is -0.119. The van der Waals surface area contributed by atoms with Gasteiger partial charge >= 0.3 is 0 Å². The molecule has 0 radical (unpaired) electrons. The van der Waals surface area contributed by atoms with Crippen LogP contribution in [0.2, 0.25) is 0 Å². The minimum Gasteiger partial charge on any atom is -0.300 e. The average Bonchev–Trinajstić information content (AvgIpc) is 3.25. The molecule has 276 valence electrons. The number of carbonyl (C=O) groups is 1. The quantitative estimate of drug-likeness (QED) is 0.0509. The zero-order valence-corrected chi connectivity index (χ0v) is 33.2. The molecule has 0 atom stereocenters.